The molecule has 0 spiro atoms. The van der Waals surface area contributed by atoms with Crippen molar-refractivity contribution < 1.29 is 24.9 Å². The smallest absolute Gasteiger partial charge is 0.339 e. The van der Waals surface area contributed by atoms with Crippen LogP contribution in [0.4, 0.5) is 0 Å². The average molecular weight is 226 g/mol. The van der Waals surface area contributed by atoms with Crippen molar-refractivity contribution >= 4 is 5.97 Å². The van der Waals surface area contributed by atoms with E-state index in [0.717, 1.165) is 6.07 Å². The fraction of sp³-hybridized carbons (Fsp3) is 0.364. The zero-order valence-electron chi connectivity index (χ0n) is 8.93. The molecule has 0 saturated carbocycles. The highest BCUT2D eigenvalue weighted by molar-refractivity contribution is 5.91. The van der Waals surface area contributed by atoms with Gasteiger partial charge in [0.1, 0.15) is 17.1 Å². The van der Waals surface area contributed by atoms with E-state index >= 15 is 0 Å². The highest BCUT2D eigenvalue weighted by Crippen LogP contribution is 2.28. The van der Waals surface area contributed by atoms with Crippen molar-refractivity contribution in [2.45, 2.75) is 13.3 Å². The van der Waals surface area contributed by atoms with E-state index in [1.807, 2.05) is 6.92 Å². The zero-order valence-corrected chi connectivity index (χ0v) is 8.93. The number of aromatic hydroxyl groups is 2. The minimum atomic E-state index is -1.27. The SMILES string of the molecule is CCOCCc1cc(O)cc(C(=O)O)c1O. The largest absolute Gasteiger partial charge is 0.508 e. The second-order valence-electron chi connectivity index (χ2n) is 3.25. The van der Waals surface area contributed by atoms with Crippen molar-refractivity contribution in [3.8, 4) is 11.5 Å². The minimum absolute atomic E-state index is 0.179. The third-order valence-electron chi connectivity index (χ3n) is 2.12. The predicted molar refractivity (Wildman–Crippen MR) is 56.9 cm³/mol. The summed E-state index contributed by atoms with van der Waals surface area (Å²) in [6.07, 6.45) is 0.356. The third kappa shape index (κ3) is 2.87. The molecule has 0 radical (unpaired) electrons. The molecule has 0 unspecified atom stereocenters. The van der Waals surface area contributed by atoms with Gasteiger partial charge in [-0.15, -0.1) is 0 Å². The minimum Gasteiger partial charge on any atom is -0.508 e. The number of phenols is 2. The Morgan fingerprint density at radius 2 is 2.06 bits per heavy atom. The Bertz CT molecular complexity index is 386. The topological polar surface area (TPSA) is 87.0 Å². The second kappa shape index (κ2) is 5.37. The highest BCUT2D eigenvalue weighted by Gasteiger charge is 2.15. The third-order valence-corrected chi connectivity index (χ3v) is 2.12. The molecule has 3 N–H and O–H groups in total. The molecule has 0 bridgehead atoms. The number of benzene rings is 1. The van der Waals surface area contributed by atoms with E-state index in [9.17, 15) is 15.0 Å². The quantitative estimate of drug-likeness (QED) is 0.521. The zero-order chi connectivity index (χ0) is 12.1. The average Bonchev–Trinajstić information content (AvgIpc) is 2.22. The summed E-state index contributed by atoms with van der Waals surface area (Å²) in [5.74, 6) is -1.77. The van der Waals surface area contributed by atoms with Crippen LogP contribution in [0.5, 0.6) is 11.5 Å². The van der Waals surface area contributed by atoms with E-state index in [0.29, 0.717) is 25.2 Å². The first-order chi connectivity index (χ1) is 7.56. The molecule has 1 aromatic rings. The highest BCUT2D eigenvalue weighted by atomic mass is 16.5. The molecule has 5 heteroatoms. The molecule has 1 rings (SSSR count). The van der Waals surface area contributed by atoms with Gasteiger partial charge in [-0.25, -0.2) is 4.79 Å². The number of hydrogen-bond donors (Lipinski definition) is 3. The molecule has 0 aliphatic rings. The Kier molecular flexibility index (Phi) is 4.13. The number of carbonyl (C=O) groups is 1. The van der Waals surface area contributed by atoms with E-state index in [2.05, 4.69) is 0 Å². The fourth-order valence-electron chi connectivity index (χ4n) is 1.36. The number of carboxylic acid groups (broad SMARTS) is 1. The lowest BCUT2D eigenvalue weighted by atomic mass is 10.1. The van der Waals surface area contributed by atoms with Crippen LogP contribution in [0.15, 0.2) is 12.1 Å². The molecule has 88 valence electrons. The van der Waals surface area contributed by atoms with Gasteiger partial charge in [0.05, 0.1) is 6.61 Å². The predicted octanol–water partition coefficient (Wildman–Crippen LogP) is 1.38. The lowest BCUT2D eigenvalue weighted by Gasteiger charge is -2.08. The van der Waals surface area contributed by atoms with Gasteiger partial charge in [0.2, 0.25) is 0 Å². The number of ether oxygens (including phenoxy) is 1. The Morgan fingerprint density at radius 1 is 1.38 bits per heavy atom. The van der Waals surface area contributed by atoms with Crippen LogP contribution in [0.3, 0.4) is 0 Å². The standard InChI is InChI=1S/C11H14O5/c1-2-16-4-3-7-5-8(12)6-9(10(7)13)11(14)15/h5-6,12-13H,2-4H2,1H3,(H,14,15). The lowest BCUT2D eigenvalue weighted by Crippen LogP contribution is -2.02. The summed E-state index contributed by atoms with van der Waals surface area (Å²) in [6.45, 7) is 2.75. The van der Waals surface area contributed by atoms with Crippen molar-refractivity contribution in [1.82, 2.24) is 0 Å². The first kappa shape index (κ1) is 12.3. The maximum Gasteiger partial charge on any atom is 0.339 e. The molecule has 1 aromatic carbocycles. The van der Waals surface area contributed by atoms with Crippen molar-refractivity contribution in [2.75, 3.05) is 13.2 Å². The van der Waals surface area contributed by atoms with E-state index in [4.69, 9.17) is 9.84 Å². The molecule has 0 aromatic heterocycles. The molecule has 0 fully saturated rings. The number of rotatable bonds is 5. The summed E-state index contributed by atoms with van der Waals surface area (Å²) < 4.78 is 5.09. The summed E-state index contributed by atoms with van der Waals surface area (Å²) in [5, 5.41) is 27.7. The normalized spacial score (nSPS) is 10.3. The van der Waals surface area contributed by atoms with Crippen LogP contribution in [0.1, 0.15) is 22.8 Å². The van der Waals surface area contributed by atoms with Gasteiger partial charge in [0.25, 0.3) is 0 Å². The Balaban J connectivity index is 2.95. The second-order valence-corrected chi connectivity index (χ2v) is 3.25. The van der Waals surface area contributed by atoms with Gasteiger partial charge in [-0.05, 0) is 25.5 Å². The molecule has 0 atom stereocenters. The molecule has 0 heterocycles. The maximum absolute atomic E-state index is 10.8. The number of aromatic carboxylic acids is 1. The molecule has 0 aliphatic carbocycles. The van der Waals surface area contributed by atoms with Crippen LogP contribution in [0, 0.1) is 0 Å². The van der Waals surface area contributed by atoms with Gasteiger partial charge in [-0.2, -0.15) is 0 Å². The molecule has 16 heavy (non-hydrogen) atoms. The summed E-state index contributed by atoms with van der Waals surface area (Å²) in [6, 6.07) is 2.35. The molecule has 0 saturated heterocycles. The molecule has 5 nitrogen and oxygen atoms in total. The molecule has 0 amide bonds. The first-order valence-electron chi connectivity index (χ1n) is 4.92. The maximum atomic E-state index is 10.8. The first-order valence-corrected chi connectivity index (χ1v) is 4.92. The lowest BCUT2D eigenvalue weighted by molar-refractivity contribution is 0.0692. The van der Waals surface area contributed by atoms with E-state index in [1.54, 1.807) is 0 Å². The van der Waals surface area contributed by atoms with Crippen molar-refractivity contribution in [3.63, 3.8) is 0 Å². The van der Waals surface area contributed by atoms with Crippen LogP contribution < -0.4 is 0 Å². The van der Waals surface area contributed by atoms with Crippen LogP contribution >= 0.6 is 0 Å². The van der Waals surface area contributed by atoms with Crippen LogP contribution in [0.2, 0.25) is 0 Å². The monoisotopic (exact) mass is 226 g/mol. The van der Waals surface area contributed by atoms with E-state index in [1.165, 1.54) is 6.07 Å². The molecular formula is C11H14O5. The van der Waals surface area contributed by atoms with Crippen LogP contribution in [-0.4, -0.2) is 34.5 Å². The van der Waals surface area contributed by atoms with Crippen molar-refractivity contribution in [1.29, 1.82) is 0 Å². The van der Waals surface area contributed by atoms with Gasteiger partial charge in [-0.3, -0.25) is 0 Å². The van der Waals surface area contributed by atoms with Crippen LogP contribution in [0.25, 0.3) is 0 Å². The van der Waals surface area contributed by atoms with Crippen molar-refractivity contribution in [3.05, 3.63) is 23.3 Å². The molecule has 0 aliphatic heterocycles. The number of hydrogen-bond acceptors (Lipinski definition) is 4. The van der Waals surface area contributed by atoms with E-state index < -0.39 is 5.97 Å². The van der Waals surface area contributed by atoms with Gasteiger partial charge < -0.3 is 20.1 Å². The number of carboxylic acids is 1. The summed E-state index contributed by atoms with van der Waals surface area (Å²) in [7, 11) is 0. The Hall–Kier alpha value is -1.75. The summed E-state index contributed by atoms with van der Waals surface area (Å²) in [5.41, 5.74) is 0.0670. The number of phenolic OH excluding ortho intramolecular Hbond substituents is 1. The van der Waals surface area contributed by atoms with Crippen LogP contribution in [-0.2, 0) is 11.2 Å². The van der Waals surface area contributed by atoms with Crippen molar-refractivity contribution in [2.24, 2.45) is 0 Å². The van der Waals surface area contributed by atoms with E-state index in [-0.39, 0.29) is 17.1 Å². The molecular weight excluding hydrogens is 212 g/mol. The summed E-state index contributed by atoms with van der Waals surface area (Å²) in [4.78, 5) is 10.8. The fourth-order valence-corrected chi connectivity index (χ4v) is 1.36. The van der Waals surface area contributed by atoms with Gasteiger partial charge >= 0.3 is 5.97 Å². The van der Waals surface area contributed by atoms with Gasteiger partial charge in [0, 0.05) is 12.2 Å². The Morgan fingerprint density at radius 3 is 2.62 bits per heavy atom. The summed E-state index contributed by atoms with van der Waals surface area (Å²) >= 11 is 0. The van der Waals surface area contributed by atoms with Gasteiger partial charge in [-0.1, -0.05) is 0 Å². The Labute approximate surface area is 92.9 Å². The van der Waals surface area contributed by atoms with Gasteiger partial charge in [0.15, 0.2) is 0 Å².